The first-order chi connectivity index (χ1) is 12.7. The van der Waals surface area contributed by atoms with Gasteiger partial charge in [0.1, 0.15) is 5.69 Å². The summed E-state index contributed by atoms with van der Waals surface area (Å²) in [6.07, 6.45) is 1.65. The van der Waals surface area contributed by atoms with Gasteiger partial charge in [0.05, 0.1) is 21.6 Å². The molecule has 1 aliphatic carbocycles. The predicted octanol–water partition coefficient (Wildman–Crippen LogP) is 4.60. The van der Waals surface area contributed by atoms with E-state index in [9.17, 15) is 20.2 Å². The van der Waals surface area contributed by atoms with E-state index >= 15 is 0 Å². The quantitative estimate of drug-likeness (QED) is 0.626. The van der Waals surface area contributed by atoms with Gasteiger partial charge in [-0.2, -0.15) is 5.10 Å². The lowest BCUT2D eigenvalue weighted by Gasteiger charge is -2.33. The molecule has 3 rings (SSSR count). The fraction of sp³-hybridized carbons (Fsp3) is 0.316. The summed E-state index contributed by atoms with van der Waals surface area (Å²) in [6.45, 7) is 6.32. The summed E-state index contributed by atoms with van der Waals surface area (Å²) in [6, 6.07) is 9.58. The number of non-ortho nitro benzene ring substituents is 1. The van der Waals surface area contributed by atoms with Gasteiger partial charge in [0.2, 0.25) is 0 Å². The number of nitrogens with zero attached hydrogens (tertiary/aromatic N) is 3. The fourth-order valence-corrected chi connectivity index (χ4v) is 3.51. The Balaban J connectivity index is 2.02. The number of hydrogen-bond donors (Lipinski definition) is 1. The molecule has 0 saturated carbocycles. The molecular formula is C19H20N4O4. The monoisotopic (exact) mass is 368 g/mol. The van der Waals surface area contributed by atoms with E-state index < -0.39 is 9.85 Å². The molecule has 0 aliphatic heterocycles. The molecule has 0 saturated heterocycles. The minimum Gasteiger partial charge on any atom is -0.271 e. The largest absolute Gasteiger partial charge is 0.301 e. The number of nitrogens with one attached hydrogen (secondary N) is 1. The van der Waals surface area contributed by atoms with E-state index in [2.05, 4.69) is 30.4 Å². The van der Waals surface area contributed by atoms with E-state index in [1.807, 2.05) is 19.1 Å². The second-order valence-electron chi connectivity index (χ2n) is 7.51. The number of aryl methyl sites for hydroxylation is 1. The Morgan fingerprint density at radius 3 is 2.48 bits per heavy atom. The van der Waals surface area contributed by atoms with Gasteiger partial charge in [-0.1, -0.05) is 32.0 Å². The first-order valence-corrected chi connectivity index (χ1v) is 8.52. The Bertz CT molecular complexity index is 966. The normalized spacial score (nSPS) is 16.6. The highest BCUT2D eigenvalue weighted by Gasteiger charge is 2.30. The number of fused-ring (bicyclic) bond motifs is 1. The number of benzene rings is 2. The second kappa shape index (κ2) is 6.79. The molecule has 1 N–H and O–H groups in total. The molecule has 0 fully saturated rings. The van der Waals surface area contributed by atoms with Crippen molar-refractivity contribution in [2.75, 3.05) is 5.43 Å². The number of hydrogen-bond acceptors (Lipinski definition) is 6. The van der Waals surface area contributed by atoms with Crippen molar-refractivity contribution in [2.45, 2.75) is 33.6 Å². The summed E-state index contributed by atoms with van der Waals surface area (Å²) >= 11 is 0. The highest BCUT2D eigenvalue weighted by Crippen LogP contribution is 2.37. The minimum absolute atomic E-state index is 0.0166. The van der Waals surface area contributed by atoms with Crippen molar-refractivity contribution < 1.29 is 9.85 Å². The molecule has 1 aliphatic rings. The van der Waals surface area contributed by atoms with Crippen molar-refractivity contribution in [1.29, 1.82) is 0 Å². The zero-order chi connectivity index (χ0) is 19.8. The zero-order valence-corrected chi connectivity index (χ0v) is 15.4. The average molecular weight is 368 g/mol. The predicted molar refractivity (Wildman–Crippen MR) is 103 cm³/mol. The number of nitro benzene ring substituents is 2. The van der Waals surface area contributed by atoms with Crippen molar-refractivity contribution in [3.05, 3.63) is 73.3 Å². The fourth-order valence-electron chi connectivity index (χ4n) is 3.51. The maximum Gasteiger partial charge on any atom is 0.301 e. The standard InChI is InChI=1S/C19H20N4O4/c1-12-5-4-6-13-10-19(2,3)11-16(18(12)13)21-20-15-8-7-14(22(24)25)9-17(15)23(26)27/h4-9,20H,10-11H2,1-3H3/b21-16+. The Morgan fingerprint density at radius 2 is 1.81 bits per heavy atom. The Labute approximate surface area is 156 Å². The molecule has 0 radical (unpaired) electrons. The number of anilines is 1. The van der Waals surface area contributed by atoms with Crippen LogP contribution in [0.25, 0.3) is 0 Å². The van der Waals surface area contributed by atoms with Gasteiger partial charge in [0.15, 0.2) is 0 Å². The molecule has 2 aromatic rings. The van der Waals surface area contributed by atoms with Crippen LogP contribution in [0.3, 0.4) is 0 Å². The summed E-state index contributed by atoms with van der Waals surface area (Å²) in [7, 11) is 0. The van der Waals surface area contributed by atoms with Crippen LogP contribution in [0.2, 0.25) is 0 Å². The number of hydrazone groups is 1. The van der Waals surface area contributed by atoms with Crippen LogP contribution < -0.4 is 5.43 Å². The minimum atomic E-state index is -0.661. The third-order valence-corrected chi connectivity index (χ3v) is 4.66. The van der Waals surface area contributed by atoms with Gasteiger partial charge in [0, 0.05) is 11.6 Å². The Kier molecular flexibility index (Phi) is 4.65. The Morgan fingerprint density at radius 1 is 1.07 bits per heavy atom. The van der Waals surface area contributed by atoms with E-state index in [0.29, 0.717) is 0 Å². The van der Waals surface area contributed by atoms with E-state index in [1.165, 1.54) is 17.7 Å². The molecular weight excluding hydrogens is 348 g/mol. The third kappa shape index (κ3) is 3.79. The lowest BCUT2D eigenvalue weighted by molar-refractivity contribution is -0.393. The van der Waals surface area contributed by atoms with E-state index in [-0.39, 0.29) is 22.5 Å². The van der Waals surface area contributed by atoms with Crippen LogP contribution >= 0.6 is 0 Å². The van der Waals surface area contributed by atoms with Crippen LogP contribution in [0.5, 0.6) is 0 Å². The van der Waals surface area contributed by atoms with E-state index in [1.54, 1.807) is 0 Å². The van der Waals surface area contributed by atoms with Crippen LogP contribution in [-0.4, -0.2) is 15.6 Å². The first-order valence-electron chi connectivity index (χ1n) is 8.52. The maximum atomic E-state index is 11.3. The van der Waals surface area contributed by atoms with Crippen molar-refractivity contribution in [1.82, 2.24) is 0 Å². The summed E-state index contributed by atoms with van der Waals surface area (Å²) in [4.78, 5) is 20.9. The third-order valence-electron chi connectivity index (χ3n) is 4.66. The van der Waals surface area contributed by atoms with Crippen molar-refractivity contribution in [2.24, 2.45) is 10.5 Å². The summed E-state index contributed by atoms with van der Waals surface area (Å²) in [5, 5.41) is 26.6. The number of rotatable bonds is 4. The molecule has 8 nitrogen and oxygen atoms in total. The zero-order valence-electron chi connectivity index (χ0n) is 15.4. The van der Waals surface area contributed by atoms with Crippen LogP contribution in [0.1, 0.15) is 37.0 Å². The average Bonchev–Trinajstić information content (AvgIpc) is 2.58. The highest BCUT2D eigenvalue weighted by atomic mass is 16.6. The second-order valence-corrected chi connectivity index (χ2v) is 7.51. The lowest BCUT2D eigenvalue weighted by atomic mass is 9.72. The van der Waals surface area contributed by atoms with Gasteiger partial charge >= 0.3 is 5.69 Å². The van der Waals surface area contributed by atoms with Crippen LogP contribution in [0.4, 0.5) is 17.1 Å². The molecule has 0 unspecified atom stereocenters. The molecule has 0 heterocycles. The molecule has 0 atom stereocenters. The van der Waals surface area contributed by atoms with Gasteiger partial charge in [-0.3, -0.25) is 25.7 Å². The van der Waals surface area contributed by atoms with Gasteiger partial charge in [-0.05, 0) is 42.4 Å². The van der Waals surface area contributed by atoms with Gasteiger partial charge < -0.3 is 0 Å². The van der Waals surface area contributed by atoms with Crippen molar-refractivity contribution in [3.8, 4) is 0 Å². The van der Waals surface area contributed by atoms with E-state index in [4.69, 9.17) is 0 Å². The van der Waals surface area contributed by atoms with Crippen LogP contribution in [-0.2, 0) is 6.42 Å². The molecule has 0 spiro atoms. The van der Waals surface area contributed by atoms with Crippen molar-refractivity contribution in [3.63, 3.8) is 0 Å². The summed E-state index contributed by atoms with van der Waals surface area (Å²) in [5.41, 5.74) is 6.37. The van der Waals surface area contributed by atoms with Gasteiger partial charge in [-0.15, -0.1) is 0 Å². The van der Waals surface area contributed by atoms with Gasteiger partial charge in [0.25, 0.3) is 5.69 Å². The first kappa shape index (κ1) is 18.5. The number of nitro groups is 2. The summed E-state index contributed by atoms with van der Waals surface area (Å²) in [5.74, 6) is 0. The molecule has 0 amide bonds. The van der Waals surface area contributed by atoms with Crippen LogP contribution in [0.15, 0.2) is 41.5 Å². The molecule has 0 aromatic heterocycles. The smallest absolute Gasteiger partial charge is 0.271 e. The molecule has 8 heteroatoms. The summed E-state index contributed by atoms with van der Waals surface area (Å²) < 4.78 is 0. The SMILES string of the molecule is Cc1cccc2c1/C(=N/Nc1ccc([N+](=O)[O-])cc1[N+](=O)[O-])CC(C)(C)C2. The van der Waals surface area contributed by atoms with Crippen LogP contribution in [0, 0.1) is 32.6 Å². The molecule has 2 aromatic carbocycles. The Hall–Kier alpha value is -3.29. The van der Waals surface area contributed by atoms with E-state index in [0.717, 1.165) is 35.7 Å². The highest BCUT2D eigenvalue weighted by molar-refractivity contribution is 6.04. The lowest BCUT2D eigenvalue weighted by Crippen LogP contribution is -2.28. The molecule has 27 heavy (non-hydrogen) atoms. The van der Waals surface area contributed by atoms with Crippen molar-refractivity contribution >= 4 is 22.8 Å². The molecule has 0 bridgehead atoms. The van der Waals surface area contributed by atoms with Gasteiger partial charge in [-0.25, -0.2) is 0 Å². The maximum absolute atomic E-state index is 11.3. The molecule has 140 valence electrons. The topological polar surface area (TPSA) is 111 Å².